The largest absolute Gasteiger partial charge is 0.455 e. The van der Waals surface area contributed by atoms with Gasteiger partial charge in [0.2, 0.25) is 5.91 Å². The third-order valence-electron chi connectivity index (χ3n) is 8.09. The van der Waals surface area contributed by atoms with E-state index in [2.05, 4.69) is 36.7 Å². The molecule has 0 radical (unpaired) electrons. The maximum atomic E-state index is 15.6. The zero-order chi connectivity index (χ0) is 29.0. The second-order valence-corrected chi connectivity index (χ2v) is 10.6. The van der Waals surface area contributed by atoms with Crippen molar-refractivity contribution >= 4 is 45.4 Å². The van der Waals surface area contributed by atoms with Gasteiger partial charge in [0.1, 0.15) is 34.7 Å². The van der Waals surface area contributed by atoms with E-state index in [0.717, 1.165) is 24.3 Å². The number of fused-ring (bicyclic) bond motifs is 5. The molecule has 3 aliphatic heterocycles. The van der Waals surface area contributed by atoms with E-state index in [1.807, 2.05) is 28.6 Å². The van der Waals surface area contributed by atoms with Gasteiger partial charge < -0.3 is 24.4 Å². The summed E-state index contributed by atoms with van der Waals surface area (Å²) in [5, 5.41) is 3.12. The zero-order valence-corrected chi connectivity index (χ0v) is 23.2. The number of amides is 1. The Morgan fingerprint density at radius 1 is 1.10 bits per heavy atom. The van der Waals surface area contributed by atoms with Gasteiger partial charge in [0, 0.05) is 43.9 Å². The van der Waals surface area contributed by atoms with E-state index >= 15 is 4.39 Å². The number of nitrogens with one attached hydrogen (secondary N) is 1. The molecule has 8 rings (SSSR count). The monoisotopic (exact) mass is 565 g/mol. The lowest BCUT2D eigenvalue weighted by atomic mass is 9.90. The van der Waals surface area contributed by atoms with Crippen molar-refractivity contribution in [1.82, 2.24) is 34.4 Å². The predicted molar refractivity (Wildman–Crippen MR) is 156 cm³/mol. The Hall–Kier alpha value is -5.13. The Bertz CT molecular complexity index is 1870. The number of aromatic nitrogens is 6. The van der Waals surface area contributed by atoms with Crippen molar-refractivity contribution < 1.29 is 13.9 Å². The molecule has 1 amide bonds. The number of ether oxygens (including phenoxy) is 1. The van der Waals surface area contributed by atoms with Crippen LogP contribution in [-0.4, -0.2) is 65.5 Å². The number of carbonyl (C=O) groups excluding carboxylic acids is 1. The number of rotatable bonds is 6. The molecular weight excluding hydrogens is 537 g/mol. The summed E-state index contributed by atoms with van der Waals surface area (Å²) in [7, 11) is 1.86. The first kappa shape index (κ1) is 25.8. The topological polar surface area (TPSA) is 114 Å². The normalized spacial score (nSPS) is 18.1. The summed E-state index contributed by atoms with van der Waals surface area (Å²) in [4.78, 5) is 38.8. The van der Waals surface area contributed by atoms with E-state index in [1.54, 1.807) is 37.6 Å². The molecule has 5 aromatic rings. The van der Waals surface area contributed by atoms with Crippen LogP contribution in [0, 0.1) is 12.7 Å². The molecule has 2 bridgehead atoms. The Labute approximate surface area is 240 Å². The summed E-state index contributed by atoms with van der Waals surface area (Å²) < 4.78 is 23.4. The first-order chi connectivity index (χ1) is 20.4. The standard InChI is InChI=1S/C30H28FN9O2/c1-4-26(41)40-14-18-5-6-19(40)13-39(18)25-10-8-22-28(37-25)29(34-15-33-22)36-21-7-9-24(17(2)27(21)31)42-20-11-23-30(32-12-20)38(3)16-35-23/h4,7-12,15-16,18-19H,1,5-6,13-14H2,2-3H3,(H,33,34,36)/t18-,19?/m1/s1. The number of piperazine rings is 1. The molecular formula is C30H28FN9O2. The van der Waals surface area contributed by atoms with Gasteiger partial charge in [0.25, 0.3) is 0 Å². The first-order valence-corrected chi connectivity index (χ1v) is 13.7. The number of piperidine rings is 2. The number of nitrogens with zero attached hydrogens (tertiary/aromatic N) is 8. The van der Waals surface area contributed by atoms with Crippen molar-refractivity contribution in [1.29, 1.82) is 0 Å². The van der Waals surface area contributed by atoms with Crippen molar-refractivity contribution in [3.05, 3.63) is 73.2 Å². The number of imidazole rings is 1. The van der Waals surface area contributed by atoms with E-state index < -0.39 is 5.82 Å². The number of pyridine rings is 2. The molecule has 4 aromatic heterocycles. The Morgan fingerprint density at radius 2 is 1.95 bits per heavy atom. The van der Waals surface area contributed by atoms with E-state index in [9.17, 15) is 4.79 Å². The molecule has 1 aromatic carbocycles. The van der Waals surface area contributed by atoms with Crippen LogP contribution < -0.4 is 15.0 Å². The number of hydrogen-bond acceptors (Lipinski definition) is 9. The minimum Gasteiger partial charge on any atom is -0.455 e. The molecule has 11 nitrogen and oxygen atoms in total. The molecule has 42 heavy (non-hydrogen) atoms. The molecule has 212 valence electrons. The van der Waals surface area contributed by atoms with Gasteiger partial charge in [-0.05, 0) is 50.1 Å². The number of halogens is 1. The summed E-state index contributed by atoms with van der Waals surface area (Å²) in [6, 6.07) is 9.18. The third-order valence-corrected chi connectivity index (χ3v) is 8.09. The lowest BCUT2D eigenvalue weighted by molar-refractivity contribution is -0.131. The number of carbonyl (C=O) groups is 1. The number of anilines is 3. The van der Waals surface area contributed by atoms with Gasteiger partial charge in [-0.2, -0.15) is 0 Å². The highest BCUT2D eigenvalue weighted by Gasteiger charge is 2.41. The maximum absolute atomic E-state index is 15.6. The summed E-state index contributed by atoms with van der Waals surface area (Å²) in [5.74, 6) is 1.50. The summed E-state index contributed by atoms with van der Waals surface area (Å²) in [5.41, 5.74) is 3.15. The SMILES string of the molecule is C=CC(=O)N1C[C@H]2CCC1CN2c1ccc2ncnc(Nc3ccc(Oc4cnc5c(c4)ncn5C)c(C)c3F)c2n1. The van der Waals surface area contributed by atoms with Crippen LogP contribution >= 0.6 is 0 Å². The van der Waals surface area contributed by atoms with Crippen molar-refractivity contribution in [3.8, 4) is 11.5 Å². The van der Waals surface area contributed by atoms with Crippen molar-refractivity contribution in [3.63, 3.8) is 0 Å². The minimum absolute atomic E-state index is 0.0321. The van der Waals surface area contributed by atoms with Crippen LogP contribution in [0.4, 0.5) is 21.7 Å². The fourth-order valence-corrected chi connectivity index (χ4v) is 5.86. The summed E-state index contributed by atoms with van der Waals surface area (Å²) >= 11 is 0. The smallest absolute Gasteiger partial charge is 0.246 e. The van der Waals surface area contributed by atoms with Crippen LogP contribution in [0.25, 0.3) is 22.2 Å². The van der Waals surface area contributed by atoms with E-state index in [0.29, 0.717) is 52.5 Å². The van der Waals surface area contributed by atoms with Crippen LogP contribution in [-0.2, 0) is 11.8 Å². The fourth-order valence-electron chi connectivity index (χ4n) is 5.86. The third kappa shape index (κ3) is 4.35. The predicted octanol–water partition coefficient (Wildman–Crippen LogP) is 4.66. The van der Waals surface area contributed by atoms with E-state index in [4.69, 9.17) is 9.72 Å². The molecule has 7 heterocycles. The van der Waals surface area contributed by atoms with Gasteiger partial charge in [0.15, 0.2) is 17.3 Å². The molecule has 1 unspecified atom stereocenters. The second-order valence-electron chi connectivity index (χ2n) is 10.6. The quantitative estimate of drug-likeness (QED) is 0.294. The highest BCUT2D eigenvalue weighted by molar-refractivity contribution is 5.89. The molecule has 3 saturated heterocycles. The Morgan fingerprint density at radius 3 is 2.76 bits per heavy atom. The van der Waals surface area contributed by atoms with Crippen molar-refractivity contribution in [2.75, 3.05) is 23.3 Å². The van der Waals surface area contributed by atoms with Crippen LogP contribution in [0.5, 0.6) is 11.5 Å². The average molecular weight is 566 g/mol. The van der Waals surface area contributed by atoms with Gasteiger partial charge in [-0.15, -0.1) is 0 Å². The molecule has 3 fully saturated rings. The Kier molecular flexibility index (Phi) is 6.18. The van der Waals surface area contributed by atoms with Gasteiger partial charge in [-0.3, -0.25) is 4.79 Å². The summed E-state index contributed by atoms with van der Waals surface area (Å²) in [6.45, 7) is 6.63. The molecule has 3 aliphatic rings. The first-order valence-electron chi connectivity index (χ1n) is 13.7. The molecule has 2 atom stereocenters. The molecule has 12 heteroatoms. The minimum atomic E-state index is -0.470. The lowest BCUT2D eigenvalue weighted by Gasteiger charge is -2.51. The van der Waals surface area contributed by atoms with Crippen LogP contribution in [0.1, 0.15) is 18.4 Å². The molecule has 1 N–H and O–H groups in total. The van der Waals surface area contributed by atoms with Crippen LogP contribution in [0.2, 0.25) is 0 Å². The van der Waals surface area contributed by atoms with Crippen molar-refractivity contribution in [2.45, 2.75) is 31.8 Å². The molecule has 0 aliphatic carbocycles. The number of aryl methyl sites for hydroxylation is 1. The van der Waals surface area contributed by atoms with Gasteiger partial charge in [0.05, 0.1) is 23.7 Å². The lowest BCUT2D eigenvalue weighted by Crippen LogP contribution is -2.64. The van der Waals surface area contributed by atoms with Gasteiger partial charge in [-0.25, -0.2) is 29.3 Å². The zero-order valence-electron chi connectivity index (χ0n) is 23.2. The van der Waals surface area contributed by atoms with Crippen molar-refractivity contribution in [2.24, 2.45) is 7.05 Å². The summed E-state index contributed by atoms with van der Waals surface area (Å²) in [6.07, 6.45) is 8.01. The van der Waals surface area contributed by atoms with Gasteiger partial charge in [-0.1, -0.05) is 6.58 Å². The van der Waals surface area contributed by atoms with Crippen LogP contribution in [0.15, 0.2) is 61.8 Å². The van der Waals surface area contributed by atoms with Gasteiger partial charge >= 0.3 is 0 Å². The number of hydrogen-bond donors (Lipinski definition) is 1. The van der Waals surface area contributed by atoms with E-state index in [1.165, 1.54) is 12.4 Å². The Balaban J connectivity index is 1.15. The average Bonchev–Trinajstić information content (AvgIpc) is 3.40. The highest BCUT2D eigenvalue weighted by atomic mass is 19.1. The second kappa shape index (κ2) is 10.1. The maximum Gasteiger partial charge on any atom is 0.246 e. The van der Waals surface area contributed by atoms with Crippen LogP contribution in [0.3, 0.4) is 0 Å². The molecule has 0 saturated carbocycles. The van der Waals surface area contributed by atoms with E-state index in [-0.39, 0.29) is 23.7 Å². The number of benzene rings is 1. The highest BCUT2D eigenvalue weighted by Crippen LogP contribution is 2.35. The fraction of sp³-hybridized carbons (Fsp3) is 0.267. The molecule has 0 spiro atoms.